The van der Waals surface area contributed by atoms with Crippen molar-refractivity contribution in [2.24, 2.45) is 0 Å². The molecule has 1 atom stereocenters. The van der Waals surface area contributed by atoms with Crippen molar-refractivity contribution in [3.8, 4) is 0 Å². The molecular weight excluding hydrogens is 320 g/mol. The lowest BCUT2D eigenvalue weighted by atomic mass is 10.1. The number of nitrogens with zero attached hydrogens (tertiary/aromatic N) is 2. The van der Waals surface area contributed by atoms with Crippen LogP contribution in [0.5, 0.6) is 0 Å². The Labute approximate surface area is 138 Å². The summed E-state index contributed by atoms with van der Waals surface area (Å²) in [5, 5.41) is 2.61. The molecule has 1 aliphatic rings. The molecule has 1 heterocycles. The first-order valence-corrected chi connectivity index (χ1v) is 7.59. The Bertz CT molecular complexity index is 666. The Morgan fingerprint density at radius 2 is 2.04 bits per heavy atom. The predicted octanol–water partition coefficient (Wildman–Crippen LogP) is 1.82. The number of imide groups is 1. The topological polar surface area (TPSA) is 69.7 Å². The second kappa shape index (κ2) is 7.37. The van der Waals surface area contributed by atoms with Gasteiger partial charge in [-0.1, -0.05) is 6.07 Å². The number of halogens is 2. The van der Waals surface area contributed by atoms with Crippen molar-refractivity contribution >= 4 is 17.8 Å². The van der Waals surface area contributed by atoms with E-state index in [-0.39, 0.29) is 42.9 Å². The average Bonchev–Trinajstić information content (AvgIpc) is 2.73. The van der Waals surface area contributed by atoms with E-state index in [1.165, 1.54) is 18.0 Å². The zero-order chi connectivity index (χ0) is 17.9. The molecule has 1 fully saturated rings. The summed E-state index contributed by atoms with van der Waals surface area (Å²) in [6.07, 6.45) is 0.406. The molecule has 0 radical (unpaired) electrons. The van der Waals surface area contributed by atoms with Gasteiger partial charge in [0.25, 0.3) is 0 Å². The van der Waals surface area contributed by atoms with E-state index in [0.29, 0.717) is 6.42 Å². The molecule has 4 amide bonds. The minimum absolute atomic E-state index is 0.0475. The first-order valence-electron chi connectivity index (χ1n) is 7.59. The summed E-state index contributed by atoms with van der Waals surface area (Å²) in [4.78, 5) is 37.6. The van der Waals surface area contributed by atoms with Crippen LogP contribution in [-0.2, 0) is 9.59 Å². The van der Waals surface area contributed by atoms with Gasteiger partial charge in [-0.3, -0.25) is 14.5 Å². The predicted molar refractivity (Wildman–Crippen MR) is 81.9 cm³/mol. The van der Waals surface area contributed by atoms with Gasteiger partial charge in [0, 0.05) is 31.6 Å². The van der Waals surface area contributed by atoms with Crippen LogP contribution in [0.1, 0.15) is 31.4 Å². The molecule has 1 unspecified atom stereocenters. The Kier molecular flexibility index (Phi) is 5.48. The SMILES string of the molecule is CC(NC(=O)CCCN1C(=O)CN(C)C1=O)c1ccc(F)cc1F. The van der Waals surface area contributed by atoms with Crippen molar-refractivity contribution in [3.63, 3.8) is 0 Å². The van der Waals surface area contributed by atoms with Crippen LogP contribution in [0.15, 0.2) is 18.2 Å². The van der Waals surface area contributed by atoms with E-state index in [9.17, 15) is 23.2 Å². The molecular formula is C16H19F2N3O3. The smallest absolute Gasteiger partial charge is 0.326 e. The average molecular weight is 339 g/mol. The maximum Gasteiger partial charge on any atom is 0.326 e. The molecule has 0 aliphatic carbocycles. The zero-order valence-electron chi connectivity index (χ0n) is 13.5. The number of benzene rings is 1. The summed E-state index contributed by atoms with van der Waals surface area (Å²) in [5.74, 6) is -2.03. The Morgan fingerprint density at radius 1 is 1.33 bits per heavy atom. The molecule has 130 valence electrons. The highest BCUT2D eigenvalue weighted by Crippen LogP contribution is 2.18. The van der Waals surface area contributed by atoms with Gasteiger partial charge in [0.15, 0.2) is 0 Å². The molecule has 1 aromatic carbocycles. The third-order valence-corrected chi connectivity index (χ3v) is 3.82. The Balaban J connectivity index is 1.81. The van der Waals surface area contributed by atoms with Crippen molar-refractivity contribution < 1.29 is 23.2 Å². The van der Waals surface area contributed by atoms with Crippen LogP contribution in [0.4, 0.5) is 13.6 Å². The second-order valence-electron chi connectivity index (χ2n) is 5.74. The number of nitrogens with one attached hydrogen (secondary N) is 1. The molecule has 0 bridgehead atoms. The molecule has 2 rings (SSSR count). The lowest BCUT2D eigenvalue weighted by Gasteiger charge is -2.16. The fourth-order valence-electron chi connectivity index (χ4n) is 2.53. The van der Waals surface area contributed by atoms with Crippen LogP contribution < -0.4 is 5.32 Å². The first-order chi connectivity index (χ1) is 11.3. The fourth-order valence-corrected chi connectivity index (χ4v) is 2.53. The van der Waals surface area contributed by atoms with E-state index in [4.69, 9.17) is 0 Å². The minimum Gasteiger partial charge on any atom is -0.349 e. The summed E-state index contributed by atoms with van der Waals surface area (Å²) in [6, 6.07) is 2.19. The molecule has 1 N–H and O–H groups in total. The van der Waals surface area contributed by atoms with Gasteiger partial charge in [-0.15, -0.1) is 0 Å². The largest absolute Gasteiger partial charge is 0.349 e. The van der Waals surface area contributed by atoms with Crippen LogP contribution in [0, 0.1) is 11.6 Å². The van der Waals surface area contributed by atoms with Crippen molar-refractivity contribution in [1.29, 1.82) is 0 Å². The molecule has 8 heteroatoms. The van der Waals surface area contributed by atoms with Gasteiger partial charge in [-0.25, -0.2) is 13.6 Å². The highest BCUT2D eigenvalue weighted by atomic mass is 19.1. The van der Waals surface area contributed by atoms with Gasteiger partial charge >= 0.3 is 6.03 Å². The summed E-state index contributed by atoms with van der Waals surface area (Å²) in [5.41, 5.74) is 0.191. The van der Waals surface area contributed by atoms with Gasteiger partial charge in [0.1, 0.15) is 18.2 Å². The van der Waals surface area contributed by atoms with Crippen LogP contribution in [-0.4, -0.2) is 47.8 Å². The molecule has 24 heavy (non-hydrogen) atoms. The van der Waals surface area contributed by atoms with Crippen LogP contribution in [0.25, 0.3) is 0 Å². The first kappa shape index (κ1) is 17.8. The molecule has 1 saturated heterocycles. The molecule has 0 aromatic heterocycles. The maximum absolute atomic E-state index is 13.7. The summed E-state index contributed by atoms with van der Waals surface area (Å²) < 4.78 is 26.5. The van der Waals surface area contributed by atoms with Crippen LogP contribution >= 0.6 is 0 Å². The van der Waals surface area contributed by atoms with Crippen molar-refractivity contribution in [1.82, 2.24) is 15.1 Å². The normalized spacial score (nSPS) is 15.8. The van der Waals surface area contributed by atoms with E-state index >= 15 is 0 Å². The second-order valence-corrected chi connectivity index (χ2v) is 5.74. The van der Waals surface area contributed by atoms with Gasteiger partial charge in [0.2, 0.25) is 11.8 Å². The van der Waals surface area contributed by atoms with Gasteiger partial charge < -0.3 is 10.2 Å². The van der Waals surface area contributed by atoms with E-state index in [2.05, 4.69) is 5.32 Å². The summed E-state index contributed by atoms with van der Waals surface area (Å²) >= 11 is 0. The third kappa shape index (κ3) is 4.06. The standard InChI is InChI=1S/C16H19F2N3O3/c1-10(12-6-5-11(17)8-13(12)18)19-14(22)4-3-7-21-15(23)9-20(2)16(21)24/h5-6,8,10H,3-4,7,9H2,1-2H3,(H,19,22). The number of carbonyl (C=O) groups is 3. The van der Waals surface area contributed by atoms with Crippen LogP contribution in [0.2, 0.25) is 0 Å². The quantitative estimate of drug-likeness (QED) is 0.804. The number of likely N-dealkylation sites (N-methyl/N-ethyl adjacent to an activating group) is 1. The van der Waals surface area contributed by atoms with E-state index in [1.807, 2.05) is 0 Å². The van der Waals surface area contributed by atoms with Gasteiger partial charge in [-0.2, -0.15) is 0 Å². The number of rotatable bonds is 6. The highest BCUT2D eigenvalue weighted by Gasteiger charge is 2.32. The van der Waals surface area contributed by atoms with Crippen molar-refractivity contribution in [3.05, 3.63) is 35.4 Å². The third-order valence-electron chi connectivity index (χ3n) is 3.82. The highest BCUT2D eigenvalue weighted by molar-refractivity contribution is 6.01. The maximum atomic E-state index is 13.7. The van der Waals surface area contributed by atoms with Crippen molar-refractivity contribution in [2.75, 3.05) is 20.1 Å². The number of urea groups is 1. The van der Waals surface area contributed by atoms with Gasteiger partial charge in [-0.05, 0) is 19.4 Å². The van der Waals surface area contributed by atoms with E-state index in [0.717, 1.165) is 17.0 Å². The Hall–Kier alpha value is -2.51. The molecule has 1 aliphatic heterocycles. The molecule has 6 nitrogen and oxygen atoms in total. The molecule has 0 spiro atoms. The van der Waals surface area contributed by atoms with Crippen molar-refractivity contribution in [2.45, 2.75) is 25.8 Å². The fraction of sp³-hybridized carbons (Fsp3) is 0.438. The minimum atomic E-state index is -0.723. The lowest BCUT2D eigenvalue weighted by molar-refractivity contribution is -0.126. The molecule has 0 saturated carbocycles. The van der Waals surface area contributed by atoms with E-state index < -0.39 is 17.7 Å². The molecule has 1 aromatic rings. The summed E-state index contributed by atoms with van der Waals surface area (Å²) in [6.45, 7) is 1.80. The Morgan fingerprint density at radius 3 is 2.62 bits per heavy atom. The van der Waals surface area contributed by atoms with Gasteiger partial charge in [0.05, 0.1) is 6.04 Å². The number of hydrogen-bond donors (Lipinski definition) is 1. The number of carbonyl (C=O) groups excluding carboxylic acids is 3. The number of hydrogen-bond acceptors (Lipinski definition) is 3. The van der Waals surface area contributed by atoms with Crippen LogP contribution in [0.3, 0.4) is 0 Å². The lowest BCUT2D eigenvalue weighted by Crippen LogP contribution is -2.33. The van der Waals surface area contributed by atoms with E-state index in [1.54, 1.807) is 6.92 Å². The number of amides is 4. The zero-order valence-corrected chi connectivity index (χ0v) is 13.5. The summed E-state index contributed by atoms with van der Waals surface area (Å²) in [7, 11) is 1.53. The monoisotopic (exact) mass is 339 g/mol.